The number of amides is 1. The van der Waals surface area contributed by atoms with E-state index in [2.05, 4.69) is 20.9 Å². The Kier molecular flexibility index (Phi) is 6.05. The van der Waals surface area contributed by atoms with E-state index in [-0.39, 0.29) is 17.6 Å². The Balaban J connectivity index is 1.58. The van der Waals surface area contributed by atoms with Crippen LogP contribution in [-0.4, -0.2) is 24.9 Å². The molecule has 1 aliphatic rings. The van der Waals surface area contributed by atoms with E-state index < -0.39 is 18.2 Å². The summed E-state index contributed by atoms with van der Waals surface area (Å²) in [5.74, 6) is 0.0209. The maximum atomic E-state index is 12.4. The smallest absolute Gasteiger partial charge is 0.494 e. The maximum Gasteiger partial charge on any atom is 0.573 e. The second-order valence-corrected chi connectivity index (χ2v) is 6.20. The first-order chi connectivity index (χ1) is 13.3. The van der Waals surface area contributed by atoms with Gasteiger partial charge in [0.25, 0.3) is 0 Å². The van der Waals surface area contributed by atoms with Crippen molar-refractivity contribution in [3.05, 3.63) is 54.1 Å². The van der Waals surface area contributed by atoms with Gasteiger partial charge in [0.1, 0.15) is 17.5 Å². The number of ether oxygens (including phenoxy) is 2. The number of alkyl halides is 3. The van der Waals surface area contributed by atoms with E-state index in [1.165, 1.54) is 18.2 Å². The normalized spacial score (nSPS) is 19.3. The molecular weight excluding hydrogens is 375 g/mol. The monoisotopic (exact) mass is 395 g/mol. The van der Waals surface area contributed by atoms with E-state index in [4.69, 9.17) is 4.74 Å². The molecule has 3 N–H and O–H groups in total. The van der Waals surface area contributed by atoms with Gasteiger partial charge in [-0.1, -0.05) is 18.2 Å². The molecular formula is C19H20F3N3O3. The second kappa shape index (κ2) is 8.49. The first-order valence-electron chi connectivity index (χ1n) is 8.74. The molecule has 0 aromatic heterocycles. The lowest BCUT2D eigenvalue weighted by molar-refractivity contribution is -0.274. The van der Waals surface area contributed by atoms with Gasteiger partial charge in [-0.2, -0.15) is 0 Å². The number of hydrogen-bond donors (Lipinski definition) is 3. The van der Waals surface area contributed by atoms with Gasteiger partial charge in [0.2, 0.25) is 5.91 Å². The molecule has 6 nitrogen and oxygen atoms in total. The highest BCUT2D eigenvalue weighted by atomic mass is 19.4. The number of hydrazine groups is 1. The van der Waals surface area contributed by atoms with E-state index in [1.54, 1.807) is 0 Å². The van der Waals surface area contributed by atoms with Crippen molar-refractivity contribution in [1.29, 1.82) is 0 Å². The van der Waals surface area contributed by atoms with Gasteiger partial charge in [-0.3, -0.25) is 4.79 Å². The number of rotatable bonds is 6. The quantitative estimate of drug-likeness (QED) is 0.698. The van der Waals surface area contributed by atoms with Crippen LogP contribution >= 0.6 is 0 Å². The van der Waals surface area contributed by atoms with Crippen LogP contribution in [0.1, 0.15) is 24.9 Å². The minimum atomic E-state index is -4.79. The zero-order valence-electron chi connectivity index (χ0n) is 15.0. The predicted octanol–water partition coefficient (Wildman–Crippen LogP) is 3.53. The van der Waals surface area contributed by atoms with Crippen LogP contribution in [-0.2, 0) is 4.79 Å². The van der Waals surface area contributed by atoms with E-state index in [1.807, 2.05) is 31.2 Å². The van der Waals surface area contributed by atoms with Crippen molar-refractivity contribution >= 4 is 11.6 Å². The molecule has 28 heavy (non-hydrogen) atoms. The molecule has 2 aromatic rings. The highest BCUT2D eigenvalue weighted by Crippen LogP contribution is 2.27. The summed E-state index contributed by atoms with van der Waals surface area (Å²) in [6.07, 6.45) is -4.30. The maximum absolute atomic E-state index is 12.4. The lowest BCUT2D eigenvalue weighted by Gasteiger charge is -2.13. The predicted molar refractivity (Wildman–Crippen MR) is 96.8 cm³/mol. The molecule has 2 unspecified atom stereocenters. The Hall–Kier alpha value is -2.78. The van der Waals surface area contributed by atoms with Gasteiger partial charge in [0.05, 0.1) is 6.61 Å². The Morgan fingerprint density at radius 1 is 1.14 bits per heavy atom. The third-order valence-electron chi connectivity index (χ3n) is 4.15. The summed E-state index contributed by atoms with van der Waals surface area (Å²) in [5, 5.41) is 2.60. The highest BCUT2D eigenvalue weighted by Gasteiger charge is 2.32. The van der Waals surface area contributed by atoms with E-state index in [9.17, 15) is 18.0 Å². The fourth-order valence-electron chi connectivity index (χ4n) is 2.91. The van der Waals surface area contributed by atoms with Crippen LogP contribution in [0.2, 0.25) is 0 Å². The Morgan fingerprint density at radius 3 is 2.57 bits per heavy atom. The van der Waals surface area contributed by atoms with Gasteiger partial charge in [-0.05, 0) is 43.2 Å². The number of hydrogen-bond acceptors (Lipinski definition) is 5. The van der Waals surface area contributed by atoms with Crippen molar-refractivity contribution in [1.82, 2.24) is 10.9 Å². The topological polar surface area (TPSA) is 71.6 Å². The van der Waals surface area contributed by atoms with Crippen molar-refractivity contribution in [3.8, 4) is 11.5 Å². The molecule has 150 valence electrons. The summed E-state index contributed by atoms with van der Waals surface area (Å²) in [7, 11) is 0. The first-order valence-corrected chi connectivity index (χ1v) is 8.74. The summed E-state index contributed by atoms with van der Waals surface area (Å²) in [6.45, 7) is 2.49. The minimum Gasteiger partial charge on any atom is -0.494 e. The van der Waals surface area contributed by atoms with Gasteiger partial charge >= 0.3 is 6.36 Å². The van der Waals surface area contributed by atoms with Crippen LogP contribution in [0.5, 0.6) is 11.5 Å². The Morgan fingerprint density at radius 2 is 1.89 bits per heavy atom. The van der Waals surface area contributed by atoms with Crippen molar-refractivity contribution < 1.29 is 27.4 Å². The fraction of sp³-hybridized carbons (Fsp3) is 0.316. The van der Waals surface area contributed by atoms with Crippen molar-refractivity contribution in [2.24, 2.45) is 0 Å². The molecule has 2 aromatic carbocycles. The number of anilines is 1. The standard InChI is InChI=1S/C19H20F3N3O3/c1-2-27-14-8-6-12(7-9-14)16-11-17(25-24-16)18(26)23-13-4-3-5-15(10-13)28-19(20,21)22/h3-10,16-17,24-25H,2,11H2,1H3,(H,23,26). The zero-order valence-corrected chi connectivity index (χ0v) is 15.0. The molecule has 0 bridgehead atoms. The lowest BCUT2D eigenvalue weighted by atomic mass is 10.0. The first kappa shape index (κ1) is 20.0. The van der Waals surface area contributed by atoms with Crippen LogP contribution in [0.3, 0.4) is 0 Å². The number of carbonyl (C=O) groups is 1. The largest absolute Gasteiger partial charge is 0.573 e. The molecule has 1 fully saturated rings. The van der Waals surface area contributed by atoms with Crippen LogP contribution in [0.25, 0.3) is 0 Å². The molecule has 0 saturated carbocycles. The SMILES string of the molecule is CCOc1ccc(C2CC(C(=O)Nc3cccc(OC(F)(F)F)c3)NN2)cc1. The number of benzene rings is 2. The summed E-state index contributed by atoms with van der Waals surface area (Å²) >= 11 is 0. The number of nitrogens with one attached hydrogen (secondary N) is 3. The summed E-state index contributed by atoms with van der Waals surface area (Å²) in [4.78, 5) is 12.4. The Labute approximate surface area is 160 Å². The van der Waals surface area contributed by atoms with Gasteiger partial charge in [-0.15, -0.1) is 13.2 Å². The van der Waals surface area contributed by atoms with Gasteiger partial charge in [-0.25, -0.2) is 10.9 Å². The van der Waals surface area contributed by atoms with Crippen molar-refractivity contribution in [2.45, 2.75) is 31.8 Å². The molecule has 1 heterocycles. The van der Waals surface area contributed by atoms with Gasteiger partial charge < -0.3 is 14.8 Å². The van der Waals surface area contributed by atoms with Gasteiger partial charge in [0.15, 0.2) is 0 Å². The zero-order chi connectivity index (χ0) is 20.1. The second-order valence-electron chi connectivity index (χ2n) is 6.20. The average molecular weight is 395 g/mol. The van der Waals surface area contributed by atoms with Crippen molar-refractivity contribution in [2.75, 3.05) is 11.9 Å². The molecule has 0 aliphatic carbocycles. The number of carbonyl (C=O) groups excluding carboxylic acids is 1. The van der Waals surface area contributed by atoms with E-state index in [0.717, 1.165) is 17.4 Å². The lowest BCUT2D eigenvalue weighted by Crippen LogP contribution is -2.39. The molecule has 0 spiro atoms. The molecule has 3 rings (SSSR count). The average Bonchev–Trinajstić information content (AvgIpc) is 3.12. The van der Waals surface area contributed by atoms with Crippen LogP contribution in [0.15, 0.2) is 48.5 Å². The molecule has 0 radical (unpaired) electrons. The van der Waals surface area contributed by atoms with Crippen LogP contribution in [0.4, 0.5) is 18.9 Å². The molecule has 9 heteroatoms. The minimum absolute atomic E-state index is 0.0775. The molecule has 1 saturated heterocycles. The Bertz CT molecular complexity index is 812. The molecule has 2 atom stereocenters. The third-order valence-corrected chi connectivity index (χ3v) is 4.15. The van der Waals surface area contributed by atoms with Crippen molar-refractivity contribution in [3.63, 3.8) is 0 Å². The third kappa shape index (κ3) is 5.37. The van der Waals surface area contributed by atoms with E-state index in [0.29, 0.717) is 13.0 Å². The van der Waals surface area contributed by atoms with E-state index >= 15 is 0 Å². The summed E-state index contributed by atoms with van der Waals surface area (Å²) in [6, 6.07) is 12.1. The molecule has 1 amide bonds. The fourth-order valence-corrected chi connectivity index (χ4v) is 2.91. The van der Waals surface area contributed by atoms with Gasteiger partial charge in [0, 0.05) is 17.8 Å². The van der Waals surface area contributed by atoms with Crippen LogP contribution in [0, 0.1) is 0 Å². The summed E-state index contributed by atoms with van der Waals surface area (Å²) < 4.78 is 46.2. The number of halogens is 3. The highest BCUT2D eigenvalue weighted by molar-refractivity contribution is 5.95. The molecule has 1 aliphatic heterocycles. The van der Waals surface area contributed by atoms with Crippen LogP contribution < -0.4 is 25.6 Å². The summed E-state index contributed by atoms with van der Waals surface area (Å²) in [5.41, 5.74) is 7.18.